The second kappa shape index (κ2) is 80.7. The predicted molar refractivity (Wildman–Crippen MR) is 454 cm³/mol. The van der Waals surface area contributed by atoms with Crippen LogP contribution in [0.5, 0.6) is 0 Å². The molecular weight excluding hydrogens is 1430 g/mol. The lowest BCUT2D eigenvalue weighted by atomic mass is 10.1. The van der Waals surface area contributed by atoms with E-state index >= 15 is 0 Å². The van der Waals surface area contributed by atoms with Gasteiger partial charge in [0.15, 0.2) is 12.2 Å². The van der Waals surface area contributed by atoms with Gasteiger partial charge in [-0.3, -0.25) is 37.3 Å². The Morgan fingerprint density at radius 1 is 0.255 bits per heavy atom. The summed E-state index contributed by atoms with van der Waals surface area (Å²) >= 11 is 0. The molecule has 0 saturated heterocycles. The quantitative estimate of drug-likeness (QED) is 0.0169. The first-order valence-electron chi connectivity index (χ1n) is 41.3. The van der Waals surface area contributed by atoms with Crippen molar-refractivity contribution in [2.45, 2.75) is 303 Å². The Bertz CT molecular complexity index is 2900. The van der Waals surface area contributed by atoms with Crippen LogP contribution in [-0.4, -0.2) is 96.7 Å². The maximum absolute atomic E-state index is 13.1. The molecule has 5 unspecified atom stereocenters. The third-order valence-electron chi connectivity index (χ3n) is 16.2. The van der Waals surface area contributed by atoms with Gasteiger partial charge in [0.1, 0.15) is 19.3 Å². The van der Waals surface area contributed by atoms with Crippen molar-refractivity contribution in [1.82, 2.24) is 0 Å². The first-order valence-corrected chi connectivity index (χ1v) is 44.3. The van der Waals surface area contributed by atoms with Crippen molar-refractivity contribution in [3.63, 3.8) is 0 Å². The van der Waals surface area contributed by atoms with Gasteiger partial charge >= 0.3 is 39.5 Å². The molecule has 5 atom stereocenters. The highest BCUT2D eigenvalue weighted by atomic mass is 31.2. The predicted octanol–water partition coefficient (Wildman–Crippen LogP) is 24.7. The fourth-order valence-corrected chi connectivity index (χ4v) is 11.7. The largest absolute Gasteiger partial charge is 0.472 e. The molecule has 3 N–H and O–H groups in total. The van der Waals surface area contributed by atoms with E-state index < -0.39 is 97.5 Å². The van der Waals surface area contributed by atoms with Crippen LogP contribution in [0.1, 0.15) is 285 Å². The van der Waals surface area contributed by atoms with Crippen molar-refractivity contribution in [3.8, 4) is 0 Å². The summed E-state index contributed by atoms with van der Waals surface area (Å²) < 4.78 is 68.6. The minimum Gasteiger partial charge on any atom is -0.462 e. The van der Waals surface area contributed by atoms with Gasteiger partial charge in [0.05, 0.1) is 26.4 Å². The third kappa shape index (κ3) is 79.7. The van der Waals surface area contributed by atoms with E-state index in [2.05, 4.69) is 222 Å². The summed E-state index contributed by atoms with van der Waals surface area (Å²) in [6, 6.07) is 0. The highest BCUT2D eigenvalue weighted by Crippen LogP contribution is 2.45. The molecule has 0 amide bonds. The van der Waals surface area contributed by atoms with Crippen LogP contribution in [0.3, 0.4) is 0 Å². The van der Waals surface area contributed by atoms with Gasteiger partial charge in [-0.05, 0) is 180 Å². The molecule has 19 heteroatoms. The number of unbranched alkanes of at least 4 members (excludes halogenated alkanes) is 15. The average Bonchev–Trinajstić information content (AvgIpc) is 0.906. The van der Waals surface area contributed by atoms with Gasteiger partial charge in [-0.15, -0.1) is 0 Å². The van der Waals surface area contributed by atoms with E-state index in [1.807, 2.05) is 12.2 Å². The molecule has 0 aromatic rings. The Kier molecular flexibility index (Phi) is 76.0. The van der Waals surface area contributed by atoms with Gasteiger partial charge in [0, 0.05) is 25.7 Å². The molecule has 620 valence electrons. The molecular formula is C91H144O17P2. The van der Waals surface area contributed by atoms with Crippen LogP contribution in [0.4, 0.5) is 0 Å². The molecule has 0 fully saturated rings. The molecule has 0 radical (unpaired) electrons. The van der Waals surface area contributed by atoms with Crippen molar-refractivity contribution < 1.29 is 80.2 Å². The lowest BCUT2D eigenvalue weighted by Crippen LogP contribution is -2.30. The minimum absolute atomic E-state index is 0.0491. The first-order chi connectivity index (χ1) is 53.7. The number of aliphatic hydroxyl groups is 1. The minimum atomic E-state index is -5.01. The topological polar surface area (TPSA) is 237 Å². The smallest absolute Gasteiger partial charge is 0.462 e. The van der Waals surface area contributed by atoms with Gasteiger partial charge in [-0.25, -0.2) is 9.13 Å². The summed E-state index contributed by atoms with van der Waals surface area (Å²) in [4.78, 5) is 73.2. The molecule has 0 bridgehead atoms. The molecule has 110 heavy (non-hydrogen) atoms. The molecule has 0 rings (SSSR count). The first kappa shape index (κ1) is 104. The molecule has 0 heterocycles. The average molecular weight is 1570 g/mol. The third-order valence-corrected chi connectivity index (χ3v) is 18.1. The number of rotatable bonds is 75. The zero-order chi connectivity index (χ0) is 80.3. The monoisotopic (exact) mass is 1570 g/mol. The number of hydrogen-bond donors (Lipinski definition) is 3. The molecule has 0 aliphatic carbocycles. The van der Waals surface area contributed by atoms with Crippen LogP contribution < -0.4 is 0 Å². The SMILES string of the molecule is CC/C=C\C/C=C\C/C=C\C/C=C\C/C=C\CCCCCC(=O)OCC(COP(=O)(O)OCC(O)COP(=O)(O)OCC(COC(=O)CCC/C=C\C/C=C\C/C=C\C/C=C\C/C=C\CC)OC(=O)CCCCCCCCC/C=C\C/C=C\C/C=C\CC)OC(=O)CCCCCC/C=C\C/C=C\C/C=C\C/C=C\CC. The Morgan fingerprint density at radius 2 is 0.455 bits per heavy atom. The second-order valence-corrected chi connectivity index (χ2v) is 29.4. The van der Waals surface area contributed by atoms with Crippen LogP contribution in [0.25, 0.3) is 0 Å². The van der Waals surface area contributed by atoms with Crippen molar-refractivity contribution in [1.29, 1.82) is 0 Å². The Balaban J connectivity index is 5.52. The van der Waals surface area contributed by atoms with Gasteiger partial charge in [-0.1, -0.05) is 286 Å². The highest BCUT2D eigenvalue weighted by molar-refractivity contribution is 7.47. The number of esters is 4. The fraction of sp³-hybridized carbons (Fsp3) is 0.582. The van der Waals surface area contributed by atoms with Gasteiger partial charge < -0.3 is 33.8 Å². The van der Waals surface area contributed by atoms with Gasteiger partial charge in [0.25, 0.3) is 0 Å². The molecule has 0 aliphatic heterocycles. The van der Waals surface area contributed by atoms with Crippen molar-refractivity contribution in [3.05, 3.63) is 207 Å². The second-order valence-electron chi connectivity index (χ2n) is 26.5. The summed E-state index contributed by atoms with van der Waals surface area (Å²) in [6.07, 6.45) is 101. The maximum Gasteiger partial charge on any atom is 0.472 e. The number of phosphoric acid groups is 2. The number of allylic oxidation sites excluding steroid dienone is 34. The number of carbonyl (C=O) groups is 4. The van der Waals surface area contributed by atoms with E-state index in [9.17, 15) is 43.2 Å². The van der Waals surface area contributed by atoms with Crippen LogP contribution in [0, 0.1) is 0 Å². The summed E-state index contributed by atoms with van der Waals surface area (Å²) in [5, 5.41) is 10.7. The number of ether oxygens (including phenoxy) is 4. The zero-order valence-corrected chi connectivity index (χ0v) is 69.6. The number of phosphoric ester groups is 2. The van der Waals surface area contributed by atoms with E-state index in [0.717, 1.165) is 199 Å². The number of aliphatic hydroxyl groups excluding tert-OH is 1. The molecule has 0 aliphatic rings. The molecule has 0 spiro atoms. The Labute approximate surface area is 665 Å². The van der Waals surface area contributed by atoms with E-state index in [1.54, 1.807) is 0 Å². The molecule has 0 saturated carbocycles. The Morgan fingerprint density at radius 3 is 0.727 bits per heavy atom. The standard InChI is InChI=1S/C91H144O17P2/c1-5-9-13-17-21-25-29-33-37-41-42-46-48-52-56-60-64-68-72-76-89(94)102-82-87(108-91(96)78-74-70-66-62-58-54-50-45-40-36-32-28-24-20-16-12-8-4)84-106-110(99,100)104-80-85(92)79-103-109(97,98)105-83-86(107-90(95)77-73-69-65-61-57-53-49-44-39-35-31-27-23-19-15-11-7-3)81-101-88(93)75-71-67-63-59-55-51-47-43-38-34-30-26-22-18-14-10-6-2/h9-16,21-28,33-40,42,46-47,50-52,54,56,59,63,85-87,92H,5-8,17-20,29-32,41,43-45,48-49,53,55,57-58,60-62,64-84H2,1-4H3,(H,97,98)(H,99,100)/b13-9-,14-10-,15-11-,16-12-,25-21-,26-22-,27-23-,28-24-,37-33-,38-34-,39-35-,40-36-,46-42-,51-47-,54-50-,56-52-,63-59-. The van der Waals surface area contributed by atoms with E-state index in [0.29, 0.717) is 32.1 Å². The highest BCUT2D eigenvalue weighted by Gasteiger charge is 2.30. The lowest BCUT2D eigenvalue weighted by Gasteiger charge is -2.21. The summed E-state index contributed by atoms with van der Waals surface area (Å²) in [5.41, 5.74) is 0. The lowest BCUT2D eigenvalue weighted by molar-refractivity contribution is -0.161. The molecule has 0 aromatic carbocycles. The van der Waals surface area contributed by atoms with Crippen LogP contribution >= 0.6 is 15.6 Å². The van der Waals surface area contributed by atoms with Crippen molar-refractivity contribution >= 4 is 39.5 Å². The van der Waals surface area contributed by atoms with Gasteiger partial charge in [-0.2, -0.15) is 0 Å². The van der Waals surface area contributed by atoms with Crippen molar-refractivity contribution in [2.75, 3.05) is 39.6 Å². The van der Waals surface area contributed by atoms with Crippen LogP contribution in [-0.2, 0) is 65.4 Å². The van der Waals surface area contributed by atoms with Crippen molar-refractivity contribution in [2.24, 2.45) is 0 Å². The van der Waals surface area contributed by atoms with E-state index in [-0.39, 0.29) is 25.7 Å². The maximum atomic E-state index is 13.1. The Hall–Kier alpha value is -6.36. The van der Waals surface area contributed by atoms with Gasteiger partial charge in [0.2, 0.25) is 0 Å². The number of hydrogen-bond acceptors (Lipinski definition) is 15. The molecule has 17 nitrogen and oxygen atoms in total. The van der Waals surface area contributed by atoms with E-state index in [1.165, 1.54) is 0 Å². The summed E-state index contributed by atoms with van der Waals surface area (Å²) in [6.45, 7) is 4.26. The summed E-state index contributed by atoms with van der Waals surface area (Å²) in [7, 11) is -10.0. The number of carbonyl (C=O) groups excluding carboxylic acids is 4. The normalized spacial score (nSPS) is 14.9. The fourth-order valence-electron chi connectivity index (χ4n) is 10.1. The zero-order valence-electron chi connectivity index (χ0n) is 67.8. The van der Waals surface area contributed by atoms with Crippen LogP contribution in [0.15, 0.2) is 207 Å². The van der Waals surface area contributed by atoms with E-state index in [4.69, 9.17) is 37.0 Å². The molecule has 0 aromatic heterocycles. The summed E-state index contributed by atoms with van der Waals surface area (Å²) in [5.74, 6) is -2.34. The van der Waals surface area contributed by atoms with Crippen LogP contribution in [0.2, 0.25) is 0 Å².